The lowest BCUT2D eigenvalue weighted by Crippen LogP contribution is -2.39. The van der Waals surface area contributed by atoms with Crippen molar-refractivity contribution in [2.45, 2.75) is 61.5 Å². The molecule has 0 radical (unpaired) electrons. The number of nitrogen functional groups attached to an aromatic ring is 1. The van der Waals surface area contributed by atoms with Crippen LogP contribution in [0.4, 0.5) is 11.8 Å². The van der Waals surface area contributed by atoms with Crippen LogP contribution < -0.4 is 16.6 Å². The van der Waals surface area contributed by atoms with Gasteiger partial charge in [-0.05, 0) is 31.2 Å². The first-order valence-electron chi connectivity index (χ1n) is 12.9. The molecule has 6 N–H and O–H groups in total. The van der Waals surface area contributed by atoms with E-state index in [0.717, 1.165) is 0 Å². The van der Waals surface area contributed by atoms with E-state index in [1.165, 1.54) is 17.2 Å². The van der Waals surface area contributed by atoms with Gasteiger partial charge in [0.2, 0.25) is 5.95 Å². The van der Waals surface area contributed by atoms with E-state index in [1.54, 1.807) is 12.3 Å². The monoisotopic (exact) mass is 644 g/mol. The molecule has 2 aliphatic carbocycles. The Hall–Kier alpha value is -2.44. The number of phosphoric ester groups is 1. The minimum absolute atomic E-state index is 0.0232. The number of nitrogens with two attached hydrogens (primary N) is 1. The first-order valence-corrected chi connectivity index (χ1v) is 17.1. The SMILES string of the molecule is Nc1nc2c(ncn2[C@@H]2O[C@@H]3[C@@H]4OP(=O)(S)O[C@H]5C[C@H](Nc6ccncn6)C[C@@H]5CCOP(=O)(O)O[C@@H]2[C@]34O)c(=O)[nH]1. The Kier molecular flexibility index (Phi) is 6.78. The molecule has 7 rings (SSSR count). The standard InChI is InChI=1S/C21H26N8O10P2S/c22-20-27-17-13(18(30)28-20)25-8-29(17)19-16-21(31)14(36-19)15(21)39-41(34,42)37-11-6-10(26-12-1-3-23-7-24-12)5-9(11)2-4-35-40(32,33)38-16/h1,3,7-11,14-16,19,31H,2,4-6H2,(H,32,33)(H,34,42)(H,23,24,26)(H3,22,27,28,30)/t9-,10+,11-,14+,15-,16-,19+,21-,41?/m0/s1. The van der Waals surface area contributed by atoms with E-state index in [-0.39, 0.29) is 42.1 Å². The van der Waals surface area contributed by atoms with Gasteiger partial charge in [0.1, 0.15) is 30.5 Å². The highest BCUT2D eigenvalue weighted by Crippen LogP contribution is 2.67. The molecule has 0 bridgehead atoms. The zero-order chi connectivity index (χ0) is 29.4. The highest BCUT2D eigenvalue weighted by Gasteiger charge is 2.80. The second-order valence-electron chi connectivity index (χ2n) is 10.5. The van der Waals surface area contributed by atoms with Crippen LogP contribution in [0.3, 0.4) is 0 Å². The number of hydrogen-bond acceptors (Lipinski definition) is 15. The minimum Gasteiger partial charge on any atom is -0.381 e. The smallest absolute Gasteiger partial charge is 0.381 e. The molecule has 2 aliphatic heterocycles. The number of aliphatic hydroxyl groups is 1. The van der Waals surface area contributed by atoms with E-state index in [4.69, 9.17) is 28.6 Å². The van der Waals surface area contributed by atoms with Crippen LogP contribution in [0.25, 0.3) is 11.2 Å². The summed E-state index contributed by atoms with van der Waals surface area (Å²) in [7, 11) is -4.81. The molecule has 2 unspecified atom stereocenters. The van der Waals surface area contributed by atoms with Gasteiger partial charge >= 0.3 is 14.6 Å². The number of rotatable bonds is 3. The average Bonchev–Trinajstić information content (AvgIpc) is 3.28. The molecular formula is C21H26N8O10P2S. The van der Waals surface area contributed by atoms with Gasteiger partial charge < -0.3 is 25.8 Å². The van der Waals surface area contributed by atoms with Crippen LogP contribution in [0.2, 0.25) is 0 Å². The van der Waals surface area contributed by atoms with E-state index in [2.05, 4.69) is 42.5 Å². The van der Waals surface area contributed by atoms with Gasteiger partial charge in [-0.1, -0.05) is 12.2 Å². The van der Waals surface area contributed by atoms with Crippen LogP contribution in [0.5, 0.6) is 0 Å². The fourth-order valence-electron chi connectivity index (χ4n) is 5.96. The molecular weight excluding hydrogens is 618 g/mol. The van der Waals surface area contributed by atoms with Crippen molar-refractivity contribution in [3.05, 3.63) is 35.3 Å². The van der Waals surface area contributed by atoms with Gasteiger partial charge in [0.15, 0.2) is 23.0 Å². The first-order chi connectivity index (χ1) is 19.9. The summed E-state index contributed by atoms with van der Waals surface area (Å²) in [5.74, 6) is 0.120. The number of nitrogens with zero attached hydrogens (tertiary/aromatic N) is 5. The Bertz CT molecular complexity index is 1680. The number of imidazole rings is 1. The third kappa shape index (κ3) is 4.96. The number of nitrogens with one attached hydrogen (secondary N) is 2. The number of fused-ring (bicyclic) bond motifs is 3. The molecule has 18 nitrogen and oxygen atoms in total. The summed E-state index contributed by atoms with van der Waals surface area (Å²) in [5, 5.41) is 14.8. The van der Waals surface area contributed by atoms with Crippen molar-refractivity contribution >= 4 is 49.8 Å². The zero-order valence-corrected chi connectivity index (χ0v) is 24.2. The lowest BCUT2D eigenvalue weighted by atomic mass is 10.0. The summed E-state index contributed by atoms with van der Waals surface area (Å²) in [6, 6.07) is 1.57. The summed E-state index contributed by atoms with van der Waals surface area (Å²) in [6.07, 6.45) is -0.664. The summed E-state index contributed by atoms with van der Waals surface area (Å²) in [6.45, 7) is -4.32. The predicted octanol–water partition coefficient (Wildman–Crippen LogP) is 0.739. The quantitative estimate of drug-likeness (QED) is 0.170. The molecule has 0 amide bonds. The molecule has 0 spiro atoms. The number of hydrogen-bond donors (Lipinski definition) is 6. The molecule has 2 saturated carbocycles. The second kappa shape index (κ2) is 10.1. The maximum atomic E-state index is 13.5. The molecule has 42 heavy (non-hydrogen) atoms. The van der Waals surface area contributed by atoms with Gasteiger partial charge in [-0.2, -0.15) is 4.98 Å². The fraction of sp³-hybridized carbons (Fsp3) is 0.571. The molecule has 10 atom stereocenters. The number of thiol groups is 1. The van der Waals surface area contributed by atoms with Crippen LogP contribution in [-0.2, 0) is 32.0 Å². The van der Waals surface area contributed by atoms with Crippen molar-refractivity contribution in [3.8, 4) is 0 Å². The van der Waals surface area contributed by atoms with E-state index >= 15 is 0 Å². The average molecular weight is 645 g/mol. The maximum absolute atomic E-state index is 13.5. The third-order valence-electron chi connectivity index (χ3n) is 7.87. The van der Waals surface area contributed by atoms with Crippen molar-refractivity contribution in [3.63, 3.8) is 0 Å². The molecule has 226 valence electrons. The maximum Gasteiger partial charge on any atom is 0.472 e. The van der Waals surface area contributed by atoms with Crippen LogP contribution in [-0.4, -0.2) is 82.2 Å². The Morgan fingerprint density at radius 3 is 2.81 bits per heavy atom. The van der Waals surface area contributed by atoms with Crippen molar-refractivity contribution in [1.82, 2.24) is 29.5 Å². The Labute approximate surface area is 241 Å². The molecule has 21 heteroatoms. The number of ether oxygens (including phenoxy) is 1. The van der Waals surface area contributed by atoms with E-state index in [1.807, 2.05) is 0 Å². The van der Waals surface area contributed by atoms with E-state index in [9.17, 15) is 23.9 Å². The lowest BCUT2D eigenvalue weighted by Gasteiger charge is -2.29. The van der Waals surface area contributed by atoms with Crippen molar-refractivity contribution in [2.24, 2.45) is 5.92 Å². The molecule has 4 aliphatic rings. The normalized spacial score (nSPS) is 41.7. The molecule has 3 aromatic rings. The number of anilines is 2. The summed E-state index contributed by atoms with van der Waals surface area (Å²) >= 11 is 4.17. The Morgan fingerprint density at radius 1 is 1.19 bits per heavy atom. The largest absolute Gasteiger partial charge is 0.472 e. The number of H-pyrrole nitrogens is 1. The molecule has 5 heterocycles. The van der Waals surface area contributed by atoms with Gasteiger partial charge in [-0.25, -0.2) is 24.1 Å². The van der Waals surface area contributed by atoms with Gasteiger partial charge in [0.05, 0.1) is 19.0 Å². The van der Waals surface area contributed by atoms with Crippen LogP contribution in [0.1, 0.15) is 25.5 Å². The topological polar surface area (TPSA) is 248 Å². The summed E-state index contributed by atoms with van der Waals surface area (Å²) < 4.78 is 56.1. The predicted molar refractivity (Wildman–Crippen MR) is 145 cm³/mol. The Morgan fingerprint density at radius 2 is 2.02 bits per heavy atom. The number of aromatic nitrogens is 6. The second-order valence-corrected chi connectivity index (χ2v) is 14.8. The number of phosphoric acid groups is 1. The van der Waals surface area contributed by atoms with Crippen molar-refractivity contribution in [1.29, 1.82) is 0 Å². The Balaban J connectivity index is 1.16. The molecule has 4 fully saturated rings. The van der Waals surface area contributed by atoms with E-state index < -0.39 is 56.4 Å². The fourth-order valence-corrected chi connectivity index (χ4v) is 8.80. The highest BCUT2D eigenvalue weighted by molar-refractivity contribution is 8.44. The summed E-state index contributed by atoms with van der Waals surface area (Å²) in [4.78, 5) is 41.4. The van der Waals surface area contributed by atoms with Gasteiger partial charge in [-0.15, -0.1) is 0 Å². The summed E-state index contributed by atoms with van der Waals surface area (Å²) in [5.41, 5.74) is 2.88. The zero-order valence-electron chi connectivity index (χ0n) is 21.5. The minimum atomic E-state index is -4.81. The van der Waals surface area contributed by atoms with Crippen molar-refractivity contribution < 1.29 is 42.0 Å². The van der Waals surface area contributed by atoms with E-state index in [0.29, 0.717) is 18.7 Å². The van der Waals surface area contributed by atoms with Crippen LogP contribution in [0.15, 0.2) is 29.7 Å². The lowest BCUT2D eigenvalue weighted by molar-refractivity contribution is -0.0890. The van der Waals surface area contributed by atoms with Crippen molar-refractivity contribution in [2.75, 3.05) is 17.7 Å². The number of aromatic amines is 1. The van der Waals surface area contributed by atoms with Gasteiger partial charge in [0.25, 0.3) is 5.56 Å². The molecule has 2 saturated heterocycles. The van der Waals surface area contributed by atoms with Gasteiger partial charge in [-0.3, -0.25) is 32.4 Å². The highest BCUT2D eigenvalue weighted by atomic mass is 32.7. The molecule has 3 aromatic heterocycles. The molecule has 0 aromatic carbocycles. The van der Waals surface area contributed by atoms with Gasteiger partial charge in [0, 0.05) is 12.2 Å². The van der Waals surface area contributed by atoms with Crippen LogP contribution >= 0.6 is 26.9 Å². The third-order valence-corrected chi connectivity index (χ3v) is 10.5. The first kappa shape index (κ1) is 28.3. The van der Waals surface area contributed by atoms with Crippen LogP contribution in [0, 0.1) is 5.92 Å².